The number of fused-ring (bicyclic) bond motifs is 1. The molecular weight excluding hydrogens is 374 g/mol. The molecule has 0 spiro atoms. The van der Waals surface area contributed by atoms with E-state index in [1.165, 1.54) is 16.6 Å². The minimum atomic E-state index is 0.595. The van der Waals surface area contributed by atoms with Crippen LogP contribution in [-0.4, -0.2) is 53.8 Å². The molecule has 6 nitrogen and oxygen atoms in total. The lowest BCUT2D eigenvalue weighted by Gasteiger charge is -2.21. The summed E-state index contributed by atoms with van der Waals surface area (Å²) in [7, 11) is 1.78. The van der Waals surface area contributed by atoms with Crippen LogP contribution >= 0.6 is 0 Å². The van der Waals surface area contributed by atoms with Crippen molar-refractivity contribution in [3.63, 3.8) is 0 Å². The summed E-state index contributed by atoms with van der Waals surface area (Å²) >= 11 is 0. The molecule has 1 unspecified atom stereocenters. The van der Waals surface area contributed by atoms with Gasteiger partial charge in [-0.05, 0) is 36.6 Å². The molecule has 0 bridgehead atoms. The van der Waals surface area contributed by atoms with Gasteiger partial charge in [0.05, 0.1) is 30.5 Å². The van der Waals surface area contributed by atoms with Crippen molar-refractivity contribution < 1.29 is 4.74 Å². The Labute approximate surface area is 178 Å². The molecule has 1 aliphatic rings. The summed E-state index contributed by atoms with van der Waals surface area (Å²) in [4.78, 5) is 11.7. The van der Waals surface area contributed by atoms with Gasteiger partial charge in [0, 0.05) is 39.2 Å². The van der Waals surface area contributed by atoms with Crippen LogP contribution in [0.1, 0.15) is 24.5 Å². The fourth-order valence-electron chi connectivity index (χ4n) is 4.07. The predicted molar refractivity (Wildman–Crippen MR) is 122 cm³/mol. The molecule has 1 saturated heterocycles. The van der Waals surface area contributed by atoms with Crippen molar-refractivity contribution in [2.24, 2.45) is 10.9 Å². The molecular formula is C24H31N5O. The Morgan fingerprint density at radius 3 is 2.77 bits per heavy atom. The number of aromatic nitrogens is 2. The van der Waals surface area contributed by atoms with E-state index >= 15 is 0 Å². The monoisotopic (exact) mass is 405 g/mol. The number of methoxy groups -OCH3 is 1. The second-order valence-corrected chi connectivity index (χ2v) is 7.90. The standard InChI is InChI=1S/C24H31N5O/c1-3-25-24(28-13-12-21(16-28)17-30-2)26-14-19-8-10-20(11-9-19)15-29-18-27-22-6-4-5-7-23(22)29/h4-11,18,21H,3,12-17H2,1-2H3,(H,25,26). The molecule has 6 heteroatoms. The number of guanidine groups is 1. The fourth-order valence-corrected chi connectivity index (χ4v) is 4.07. The Kier molecular flexibility index (Phi) is 6.64. The highest BCUT2D eigenvalue weighted by molar-refractivity contribution is 5.80. The maximum atomic E-state index is 5.32. The number of benzene rings is 2. The highest BCUT2D eigenvalue weighted by Crippen LogP contribution is 2.17. The summed E-state index contributed by atoms with van der Waals surface area (Å²) in [5.41, 5.74) is 4.69. The lowest BCUT2D eigenvalue weighted by atomic mass is 10.1. The molecule has 1 fully saturated rings. The molecule has 30 heavy (non-hydrogen) atoms. The third-order valence-corrected chi connectivity index (χ3v) is 5.64. The molecule has 4 rings (SSSR count). The molecule has 0 radical (unpaired) electrons. The van der Waals surface area contributed by atoms with E-state index < -0.39 is 0 Å². The Hall–Kier alpha value is -2.86. The van der Waals surface area contributed by atoms with Gasteiger partial charge in [-0.1, -0.05) is 36.4 Å². The summed E-state index contributed by atoms with van der Waals surface area (Å²) in [5, 5.41) is 3.44. The Balaban J connectivity index is 1.39. The van der Waals surface area contributed by atoms with Crippen molar-refractivity contribution in [1.29, 1.82) is 0 Å². The molecule has 2 aromatic carbocycles. The number of imidazole rings is 1. The predicted octanol–water partition coefficient (Wildman–Crippen LogP) is 3.52. The van der Waals surface area contributed by atoms with Gasteiger partial charge < -0.3 is 19.5 Å². The first-order chi connectivity index (χ1) is 14.8. The van der Waals surface area contributed by atoms with Crippen LogP contribution in [0.3, 0.4) is 0 Å². The molecule has 158 valence electrons. The largest absolute Gasteiger partial charge is 0.384 e. The smallest absolute Gasteiger partial charge is 0.194 e. The van der Waals surface area contributed by atoms with E-state index in [1.807, 2.05) is 18.5 Å². The quantitative estimate of drug-likeness (QED) is 0.483. The number of para-hydroxylation sites is 2. The van der Waals surface area contributed by atoms with Gasteiger partial charge >= 0.3 is 0 Å². The molecule has 1 aromatic heterocycles. The summed E-state index contributed by atoms with van der Waals surface area (Å²) in [6, 6.07) is 17.0. The van der Waals surface area contributed by atoms with E-state index in [0.29, 0.717) is 12.5 Å². The molecule has 1 N–H and O–H groups in total. The van der Waals surface area contributed by atoms with Crippen LogP contribution < -0.4 is 5.32 Å². The lowest BCUT2D eigenvalue weighted by Crippen LogP contribution is -2.40. The van der Waals surface area contributed by atoms with Gasteiger partial charge in [0.2, 0.25) is 0 Å². The topological polar surface area (TPSA) is 54.7 Å². The van der Waals surface area contributed by atoms with Gasteiger partial charge in [-0.2, -0.15) is 0 Å². The number of likely N-dealkylation sites (tertiary alicyclic amines) is 1. The summed E-state index contributed by atoms with van der Waals surface area (Å²) < 4.78 is 7.51. The second-order valence-electron chi connectivity index (χ2n) is 7.90. The van der Waals surface area contributed by atoms with Crippen LogP contribution in [-0.2, 0) is 17.8 Å². The van der Waals surface area contributed by atoms with E-state index in [9.17, 15) is 0 Å². The number of ether oxygens (including phenoxy) is 1. The lowest BCUT2D eigenvalue weighted by molar-refractivity contribution is 0.157. The molecule has 1 aliphatic heterocycles. The van der Waals surface area contributed by atoms with Crippen molar-refractivity contribution in [3.8, 4) is 0 Å². The van der Waals surface area contributed by atoms with Gasteiger partial charge in [0.25, 0.3) is 0 Å². The number of hydrogen-bond acceptors (Lipinski definition) is 3. The molecule has 2 heterocycles. The van der Waals surface area contributed by atoms with Crippen LogP contribution in [0.4, 0.5) is 0 Å². The van der Waals surface area contributed by atoms with Crippen molar-refractivity contribution in [2.45, 2.75) is 26.4 Å². The normalized spacial score (nSPS) is 17.1. The van der Waals surface area contributed by atoms with Crippen molar-refractivity contribution >= 4 is 17.0 Å². The summed E-state index contributed by atoms with van der Waals surface area (Å²) in [6.07, 6.45) is 3.08. The Bertz CT molecular complexity index is 979. The maximum absolute atomic E-state index is 5.32. The number of nitrogens with one attached hydrogen (secondary N) is 1. The minimum Gasteiger partial charge on any atom is -0.384 e. The van der Waals surface area contributed by atoms with Crippen molar-refractivity contribution in [2.75, 3.05) is 33.4 Å². The SMILES string of the molecule is CCNC(=NCc1ccc(Cn2cnc3ccccc32)cc1)N1CCC(COC)C1. The first-order valence-corrected chi connectivity index (χ1v) is 10.8. The highest BCUT2D eigenvalue weighted by Gasteiger charge is 2.24. The van der Waals surface area contributed by atoms with Crippen LogP contribution in [0.15, 0.2) is 59.9 Å². The second kappa shape index (κ2) is 9.76. The van der Waals surface area contributed by atoms with Crippen LogP contribution in [0.25, 0.3) is 11.0 Å². The molecule has 0 saturated carbocycles. The summed E-state index contributed by atoms with van der Waals surface area (Å²) in [6.45, 7) is 7.37. The maximum Gasteiger partial charge on any atom is 0.194 e. The number of hydrogen-bond donors (Lipinski definition) is 1. The Morgan fingerprint density at radius 1 is 1.17 bits per heavy atom. The first-order valence-electron chi connectivity index (χ1n) is 10.8. The third-order valence-electron chi connectivity index (χ3n) is 5.64. The fraction of sp³-hybridized carbons (Fsp3) is 0.417. The summed E-state index contributed by atoms with van der Waals surface area (Å²) in [5.74, 6) is 1.60. The van der Waals surface area contributed by atoms with Gasteiger partial charge in [-0.15, -0.1) is 0 Å². The van der Waals surface area contributed by atoms with Crippen molar-refractivity contribution in [1.82, 2.24) is 19.8 Å². The van der Waals surface area contributed by atoms with E-state index in [-0.39, 0.29) is 0 Å². The van der Waals surface area contributed by atoms with E-state index in [0.717, 1.165) is 50.7 Å². The third kappa shape index (κ3) is 4.82. The molecule has 0 aliphatic carbocycles. The van der Waals surface area contributed by atoms with Gasteiger partial charge in [0.1, 0.15) is 0 Å². The number of aliphatic imine (C=N–C) groups is 1. The Morgan fingerprint density at radius 2 is 1.97 bits per heavy atom. The van der Waals surface area contributed by atoms with Crippen LogP contribution in [0, 0.1) is 5.92 Å². The van der Waals surface area contributed by atoms with Gasteiger partial charge in [-0.25, -0.2) is 9.98 Å². The van der Waals surface area contributed by atoms with E-state index in [2.05, 4.69) is 63.1 Å². The highest BCUT2D eigenvalue weighted by atomic mass is 16.5. The zero-order valence-electron chi connectivity index (χ0n) is 17.9. The number of nitrogens with zero attached hydrogens (tertiary/aromatic N) is 4. The van der Waals surface area contributed by atoms with E-state index in [1.54, 1.807) is 7.11 Å². The zero-order valence-corrected chi connectivity index (χ0v) is 17.9. The average Bonchev–Trinajstić information content (AvgIpc) is 3.40. The van der Waals surface area contributed by atoms with Crippen LogP contribution in [0.5, 0.6) is 0 Å². The average molecular weight is 406 g/mol. The first kappa shape index (κ1) is 20.4. The number of rotatable bonds is 7. The zero-order chi connectivity index (χ0) is 20.8. The van der Waals surface area contributed by atoms with Crippen molar-refractivity contribution in [3.05, 3.63) is 66.0 Å². The van der Waals surface area contributed by atoms with Gasteiger partial charge in [-0.3, -0.25) is 0 Å². The van der Waals surface area contributed by atoms with E-state index in [4.69, 9.17) is 9.73 Å². The minimum absolute atomic E-state index is 0.595. The van der Waals surface area contributed by atoms with Gasteiger partial charge in [0.15, 0.2) is 5.96 Å². The molecule has 0 amide bonds. The molecule has 1 atom stereocenters. The van der Waals surface area contributed by atoms with Crippen LogP contribution in [0.2, 0.25) is 0 Å². The molecule has 3 aromatic rings.